The Bertz CT molecular complexity index is 1030. The van der Waals surface area contributed by atoms with E-state index in [4.69, 9.17) is 4.98 Å². The summed E-state index contributed by atoms with van der Waals surface area (Å²) in [5.41, 5.74) is 5.38. The molecule has 128 valence electrons. The van der Waals surface area contributed by atoms with Gasteiger partial charge in [0.05, 0.1) is 16.6 Å². The number of hydrogen-bond donors (Lipinski definition) is 0. The molecule has 2 aromatic carbocycles. The van der Waals surface area contributed by atoms with Crippen LogP contribution in [0.25, 0.3) is 22.1 Å². The maximum Gasteiger partial charge on any atom is 0.131 e. The van der Waals surface area contributed by atoms with Crippen molar-refractivity contribution in [1.29, 1.82) is 0 Å². The third kappa shape index (κ3) is 3.00. The lowest BCUT2D eigenvalue weighted by Gasteiger charge is -2.13. The highest BCUT2D eigenvalue weighted by atomic mass is 15.4. The van der Waals surface area contributed by atoms with Gasteiger partial charge in [0.1, 0.15) is 17.9 Å². The van der Waals surface area contributed by atoms with Crippen molar-refractivity contribution in [2.45, 2.75) is 20.0 Å². The summed E-state index contributed by atoms with van der Waals surface area (Å²) in [6.07, 6.45) is 0. The van der Waals surface area contributed by atoms with Crippen LogP contribution in [-0.4, -0.2) is 50.1 Å². The number of rotatable bonds is 5. The number of imidazole rings is 1. The van der Waals surface area contributed by atoms with E-state index in [0.717, 1.165) is 35.5 Å². The Morgan fingerprint density at radius 3 is 2.68 bits per heavy atom. The summed E-state index contributed by atoms with van der Waals surface area (Å²) >= 11 is 0. The van der Waals surface area contributed by atoms with Crippen LogP contribution in [0.15, 0.2) is 42.5 Å². The van der Waals surface area contributed by atoms with E-state index in [-0.39, 0.29) is 0 Å². The lowest BCUT2D eigenvalue weighted by Crippen LogP contribution is -2.20. The van der Waals surface area contributed by atoms with Gasteiger partial charge in [0, 0.05) is 13.1 Å². The SMILES string of the molecule is Cc1ccc2c(c1)nc(Cn1nnc3ccccc31)n2CCN(C)C. The zero-order valence-corrected chi connectivity index (χ0v) is 14.8. The summed E-state index contributed by atoms with van der Waals surface area (Å²) in [5, 5.41) is 8.57. The molecule has 2 heterocycles. The summed E-state index contributed by atoms with van der Waals surface area (Å²) < 4.78 is 4.22. The van der Waals surface area contributed by atoms with Gasteiger partial charge < -0.3 is 9.47 Å². The molecule has 25 heavy (non-hydrogen) atoms. The molecular formula is C19H22N6. The molecule has 0 saturated heterocycles. The van der Waals surface area contributed by atoms with E-state index >= 15 is 0 Å². The van der Waals surface area contributed by atoms with Crippen LogP contribution in [0.2, 0.25) is 0 Å². The van der Waals surface area contributed by atoms with E-state index in [1.165, 1.54) is 11.1 Å². The lowest BCUT2D eigenvalue weighted by atomic mass is 10.2. The first-order valence-electron chi connectivity index (χ1n) is 8.50. The van der Waals surface area contributed by atoms with Crippen molar-refractivity contribution in [3.8, 4) is 0 Å². The first-order chi connectivity index (χ1) is 12.1. The molecule has 0 aliphatic rings. The number of nitrogens with zero attached hydrogens (tertiary/aromatic N) is 6. The maximum absolute atomic E-state index is 4.89. The molecule has 4 aromatic rings. The van der Waals surface area contributed by atoms with Gasteiger partial charge in [0.2, 0.25) is 0 Å². The number of para-hydroxylation sites is 1. The van der Waals surface area contributed by atoms with Crippen molar-refractivity contribution in [2.75, 3.05) is 20.6 Å². The quantitative estimate of drug-likeness (QED) is 0.563. The number of benzene rings is 2. The number of aromatic nitrogens is 5. The zero-order chi connectivity index (χ0) is 17.4. The second-order valence-electron chi connectivity index (χ2n) is 6.71. The van der Waals surface area contributed by atoms with Crippen molar-refractivity contribution >= 4 is 22.1 Å². The largest absolute Gasteiger partial charge is 0.325 e. The summed E-state index contributed by atoms with van der Waals surface area (Å²) in [4.78, 5) is 7.08. The Labute approximate surface area is 146 Å². The fourth-order valence-corrected chi connectivity index (χ4v) is 3.13. The number of hydrogen-bond acceptors (Lipinski definition) is 4. The smallest absolute Gasteiger partial charge is 0.131 e. The fourth-order valence-electron chi connectivity index (χ4n) is 3.13. The molecule has 0 atom stereocenters. The molecule has 0 fully saturated rings. The Kier molecular flexibility index (Phi) is 3.97. The van der Waals surface area contributed by atoms with E-state index in [2.05, 4.69) is 59.0 Å². The van der Waals surface area contributed by atoms with Crippen LogP contribution in [0, 0.1) is 6.92 Å². The Hall–Kier alpha value is -2.73. The molecule has 0 radical (unpaired) electrons. The van der Waals surface area contributed by atoms with Crippen molar-refractivity contribution in [3.63, 3.8) is 0 Å². The van der Waals surface area contributed by atoms with Crippen LogP contribution in [-0.2, 0) is 13.1 Å². The summed E-state index contributed by atoms with van der Waals surface area (Å²) in [5.74, 6) is 1.01. The highest BCUT2D eigenvalue weighted by Crippen LogP contribution is 2.20. The van der Waals surface area contributed by atoms with E-state index in [1.54, 1.807) is 0 Å². The summed E-state index contributed by atoms with van der Waals surface area (Å²) in [6.45, 7) is 4.57. The van der Waals surface area contributed by atoms with Crippen LogP contribution >= 0.6 is 0 Å². The predicted molar refractivity (Wildman–Crippen MR) is 99.7 cm³/mol. The van der Waals surface area contributed by atoms with E-state index < -0.39 is 0 Å². The standard InChI is InChI=1S/C19H22N6/c1-14-8-9-17-16(12-14)20-19(24(17)11-10-23(2)3)13-25-18-7-5-4-6-15(18)21-22-25/h4-9,12H,10-11,13H2,1-3H3. The van der Waals surface area contributed by atoms with Gasteiger partial charge in [-0.05, 0) is 50.8 Å². The van der Waals surface area contributed by atoms with Gasteiger partial charge in [-0.15, -0.1) is 5.10 Å². The van der Waals surface area contributed by atoms with Crippen LogP contribution < -0.4 is 0 Å². The van der Waals surface area contributed by atoms with Crippen LogP contribution in [0.3, 0.4) is 0 Å². The molecule has 0 aliphatic carbocycles. The highest BCUT2D eigenvalue weighted by molar-refractivity contribution is 5.77. The Balaban J connectivity index is 1.78. The van der Waals surface area contributed by atoms with Crippen LogP contribution in [0.1, 0.15) is 11.4 Å². The molecule has 0 bridgehead atoms. The first kappa shape index (κ1) is 15.8. The zero-order valence-electron chi connectivity index (χ0n) is 14.8. The van der Waals surface area contributed by atoms with Crippen molar-refractivity contribution in [2.24, 2.45) is 0 Å². The number of fused-ring (bicyclic) bond motifs is 2. The maximum atomic E-state index is 4.89. The van der Waals surface area contributed by atoms with Crippen LogP contribution in [0.5, 0.6) is 0 Å². The molecule has 0 spiro atoms. The third-order valence-corrected chi connectivity index (χ3v) is 4.47. The minimum Gasteiger partial charge on any atom is -0.325 e. The lowest BCUT2D eigenvalue weighted by molar-refractivity contribution is 0.382. The topological polar surface area (TPSA) is 51.8 Å². The molecule has 4 rings (SSSR count). The molecule has 0 aliphatic heterocycles. The van der Waals surface area contributed by atoms with E-state index in [0.29, 0.717) is 6.54 Å². The van der Waals surface area contributed by atoms with Gasteiger partial charge in [-0.25, -0.2) is 9.67 Å². The second kappa shape index (κ2) is 6.29. The predicted octanol–water partition coefficient (Wildman–Crippen LogP) is 2.70. The number of aryl methyl sites for hydroxylation is 1. The summed E-state index contributed by atoms with van der Waals surface area (Å²) in [7, 11) is 4.18. The molecule has 0 saturated carbocycles. The molecule has 6 heteroatoms. The van der Waals surface area contributed by atoms with E-state index in [1.807, 2.05) is 28.9 Å². The van der Waals surface area contributed by atoms with Gasteiger partial charge in [0.15, 0.2) is 0 Å². The fraction of sp³-hybridized carbons (Fsp3) is 0.316. The minimum atomic E-state index is 0.613. The van der Waals surface area contributed by atoms with Crippen molar-refractivity contribution < 1.29 is 0 Å². The monoisotopic (exact) mass is 334 g/mol. The van der Waals surface area contributed by atoms with Gasteiger partial charge in [-0.1, -0.05) is 23.4 Å². The van der Waals surface area contributed by atoms with Gasteiger partial charge >= 0.3 is 0 Å². The Morgan fingerprint density at radius 1 is 1.00 bits per heavy atom. The van der Waals surface area contributed by atoms with Crippen molar-refractivity contribution in [1.82, 2.24) is 29.4 Å². The van der Waals surface area contributed by atoms with E-state index in [9.17, 15) is 0 Å². The third-order valence-electron chi connectivity index (χ3n) is 4.47. The molecule has 0 N–H and O–H groups in total. The average Bonchev–Trinajstić information content (AvgIpc) is 3.14. The molecular weight excluding hydrogens is 312 g/mol. The summed E-state index contributed by atoms with van der Waals surface area (Å²) in [6, 6.07) is 14.5. The molecule has 6 nitrogen and oxygen atoms in total. The van der Waals surface area contributed by atoms with Crippen molar-refractivity contribution in [3.05, 3.63) is 53.9 Å². The number of likely N-dealkylation sites (N-methyl/N-ethyl adjacent to an activating group) is 1. The van der Waals surface area contributed by atoms with Gasteiger partial charge in [-0.2, -0.15) is 0 Å². The highest BCUT2D eigenvalue weighted by Gasteiger charge is 2.13. The second-order valence-corrected chi connectivity index (χ2v) is 6.71. The normalized spacial score (nSPS) is 11.8. The van der Waals surface area contributed by atoms with Gasteiger partial charge in [-0.3, -0.25) is 0 Å². The van der Waals surface area contributed by atoms with Crippen LogP contribution in [0.4, 0.5) is 0 Å². The van der Waals surface area contributed by atoms with Gasteiger partial charge in [0.25, 0.3) is 0 Å². The first-order valence-corrected chi connectivity index (χ1v) is 8.50. The average molecular weight is 334 g/mol. The molecule has 0 unspecified atom stereocenters. The molecule has 2 aromatic heterocycles. The minimum absolute atomic E-state index is 0.613. The Morgan fingerprint density at radius 2 is 1.84 bits per heavy atom. The molecule has 0 amide bonds.